The summed E-state index contributed by atoms with van der Waals surface area (Å²) in [5.74, 6) is 0.970. The number of anilines is 3. The zero-order chi connectivity index (χ0) is 46.5. The molecule has 67 heavy (non-hydrogen) atoms. The zero-order valence-corrected chi connectivity index (χ0v) is 38.6. The highest BCUT2D eigenvalue weighted by Gasteiger charge is 2.50. The fraction of sp³-hybridized carbons (Fsp3) is 0.479. The number of nitrogens with zero attached hydrogens (tertiary/aromatic N) is 6. The van der Waals surface area contributed by atoms with Gasteiger partial charge in [0, 0.05) is 80.6 Å². The number of amides is 1. The summed E-state index contributed by atoms with van der Waals surface area (Å²) in [7, 11) is -4.48. The number of ether oxygens (including phenoxy) is 2. The molecule has 5 N–H and O–H groups in total. The van der Waals surface area contributed by atoms with Crippen molar-refractivity contribution < 1.29 is 32.7 Å². The summed E-state index contributed by atoms with van der Waals surface area (Å²) < 4.78 is 43.4. The van der Waals surface area contributed by atoms with Gasteiger partial charge in [-0.2, -0.15) is 0 Å². The number of carbonyl (C=O) groups is 1. The van der Waals surface area contributed by atoms with Gasteiger partial charge in [-0.15, -0.1) is 0 Å². The van der Waals surface area contributed by atoms with Gasteiger partial charge in [-0.1, -0.05) is 38.1 Å². The van der Waals surface area contributed by atoms with Crippen molar-refractivity contribution in [2.45, 2.75) is 100 Å². The third-order valence-corrected chi connectivity index (χ3v) is 16.0. The largest absolute Gasteiger partial charge is 0.489 e. The van der Waals surface area contributed by atoms with Crippen LogP contribution in [-0.2, 0) is 10.0 Å². The van der Waals surface area contributed by atoms with Gasteiger partial charge in [-0.05, 0) is 92.5 Å². The number of hydrogen-bond acceptors (Lipinski definition) is 13. The standard InChI is InChI=1S/C48H58N10O8S/c1-30(2)38-6-3-4-7-39(38)40-8-5-15-57(40)35-24-48(25-35)12-18-56(19-13-48)34-21-43(66-36-20-31-9-14-49-45(31)51-27-36)46(50-26-34)54-67(63,64)37-22-41(58(61)62)44-42(23-37)65-29-33(52-44)28-55-16-10-32(11-17-55)53-47(59)60/h3-4,6-7,9,14,20-23,26-27,30,32-33,35,40,52-53H,5,8,10-13,15-19,24-25,28-29H2,1-2H3,(H,49,51)(H,50,54)(H,59,60)/t33-,40-/m0/s1. The summed E-state index contributed by atoms with van der Waals surface area (Å²) in [5, 5.41) is 28.1. The molecule has 0 radical (unpaired) electrons. The van der Waals surface area contributed by atoms with Gasteiger partial charge < -0.3 is 40.0 Å². The Morgan fingerprint density at radius 2 is 1.82 bits per heavy atom. The summed E-state index contributed by atoms with van der Waals surface area (Å²) >= 11 is 0. The minimum atomic E-state index is -4.48. The molecular formula is C48H58N10O8S. The number of carboxylic acid groups (broad SMARTS) is 1. The zero-order valence-electron chi connectivity index (χ0n) is 37.8. The molecule has 19 heteroatoms. The lowest BCUT2D eigenvalue weighted by atomic mass is 9.59. The van der Waals surface area contributed by atoms with E-state index in [4.69, 9.17) is 14.6 Å². The van der Waals surface area contributed by atoms with Gasteiger partial charge in [0.25, 0.3) is 15.7 Å². The Morgan fingerprint density at radius 1 is 1.03 bits per heavy atom. The normalized spacial score (nSPS) is 21.4. The Morgan fingerprint density at radius 3 is 2.58 bits per heavy atom. The van der Waals surface area contributed by atoms with Crippen LogP contribution >= 0.6 is 0 Å². The Kier molecular flexibility index (Phi) is 12.1. The van der Waals surface area contributed by atoms with Crippen molar-refractivity contribution in [2.75, 3.05) is 60.8 Å². The molecule has 7 heterocycles. The molecule has 1 aliphatic carbocycles. The van der Waals surface area contributed by atoms with Gasteiger partial charge in [-0.3, -0.25) is 19.7 Å². The number of benzene rings is 2. The number of fused-ring (bicyclic) bond motifs is 2. The Hall–Kier alpha value is -6.18. The minimum absolute atomic E-state index is 0.0400. The maximum atomic E-state index is 14.2. The van der Waals surface area contributed by atoms with E-state index in [0.717, 1.165) is 49.6 Å². The van der Waals surface area contributed by atoms with E-state index in [1.807, 2.05) is 6.07 Å². The fourth-order valence-electron chi connectivity index (χ4n) is 11.2. The molecule has 3 aromatic heterocycles. The predicted molar refractivity (Wildman–Crippen MR) is 254 cm³/mol. The molecule has 2 atom stereocenters. The second-order valence-corrected chi connectivity index (χ2v) is 21.0. The maximum Gasteiger partial charge on any atom is 0.404 e. The van der Waals surface area contributed by atoms with Crippen LogP contribution in [0.2, 0.25) is 0 Å². The van der Waals surface area contributed by atoms with Crippen LogP contribution in [0.3, 0.4) is 0 Å². The van der Waals surface area contributed by atoms with E-state index in [2.05, 4.69) is 83.1 Å². The van der Waals surface area contributed by atoms with E-state index < -0.39 is 26.7 Å². The highest BCUT2D eigenvalue weighted by molar-refractivity contribution is 7.92. The van der Waals surface area contributed by atoms with E-state index in [9.17, 15) is 23.3 Å². The van der Waals surface area contributed by atoms with Crippen molar-refractivity contribution in [1.82, 2.24) is 30.1 Å². The molecule has 1 spiro atoms. The van der Waals surface area contributed by atoms with Crippen molar-refractivity contribution in [3.63, 3.8) is 0 Å². The van der Waals surface area contributed by atoms with E-state index in [1.165, 1.54) is 42.9 Å². The number of likely N-dealkylation sites (tertiary alicyclic amines) is 2. The van der Waals surface area contributed by atoms with E-state index in [0.29, 0.717) is 67.3 Å². The first-order valence-corrected chi connectivity index (χ1v) is 24.9. The molecule has 0 unspecified atom stereocenters. The topological polar surface area (TPSA) is 220 Å². The smallest absolute Gasteiger partial charge is 0.404 e. The van der Waals surface area contributed by atoms with Gasteiger partial charge in [0.1, 0.15) is 18.0 Å². The number of rotatable bonds is 13. The number of aromatic nitrogens is 3. The van der Waals surface area contributed by atoms with E-state index in [1.54, 1.807) is 30.7 Å². The molecule has 5 aromatic rings. The average Bonchev–Trinajstić information content (AvgIpc) is 3.99. The van der Waals surface area contributed by atoms with Crippen LogP contribution in [0.25, 0.3) is 11.0 Å². The summed E-state index contributed by atoms with van der Waals surface area (Å²) in [6.07, 6.45) is 12.1. The number of aromatic amines is 1. The van der Waals surface area contributed by atoms with Crippen molar-refractivity contribution in [3.05, 3.63) is 94.4 Å². The number of pyridine rings is 2. The van der Waals surface area contributed by atoms with Crippen molar-refractivity contribution in [1.29, 1.82) is 0 Å². The lowest BCUT2D eigenvalue weighted by Crippen LogP contribution is -2.55. The number of nitro groups is 1. The first-order chi connectivity index (χ1) is 32.3. The monoisotopic (exact) mass is 934 g/mol. The number of sulfonamides is 1. The van der Waals surface area contributed by atoms with E-state index >= 15 is 0 Å². The SMILES string of the molecule is CC(C)c1ccccc1[C@@H]1CCCN1C1CC2(CCN(c3cnc(NS(=O)(=O)c4cc5c(c([N+](=O)[O-])c4)N[C@@H](CN4CCC(NC(=O)O)CC4)CO5)c(Oc4cnc5[nH]ccc5c4)c3)CC2)C1. The molecule has 5 aliphatic rings. The maximum absolute atomic E-state index is 14.2. The Bertz CT molecular complexity index is 2760. The number of nitrogens with one attached hydrogen (secondary N) is 4. The van der Waals surface area contributed by atoms with Gasteiger partial charge in [0.15, 0.2) is 23.0 Å². The molecule has 1 saturated carbocycles. The molecule has 0 bridgehead atoms. The molecule has 354 valence electrons. The van der Waals surface area contributed by atoms with Crippen LogP contribution in [0.5, 0.6) is 17.2 Å². The van der Waals surface area contributed by atoms with Crippen LogP contribution in [0.15, 0.2) is 78.1 Å². The van der Waals surface area contributed by atoms with Crippen LogP contribution < -0.4 is 29.7 Å². The lowest BCUT2D eigenvalue weighted by Gasteiger charge is -2.56. The first-order valence-electron chi connectivity index (χ1n) is 23.5. The second-order valence-electron chi connectivity index (χ2n) is 19.3. The molecule has 4 fully saturated rings. The summed E-state index contributed by atoms with van der Waals surface area (Å²) in [4.78, 5) is 41.9. The highest BCUT2D eigenvalue weighted by Crippen LogP contribution is 2.54. The van der Waals surface area contributed by atoms with Gasteiger partial charge in [-0.25, -0.2) is 23.2 Å². The summed E-state index contributed by atoms with van der Waals surface area (Å²) in [6, 6.07) is 17.4. The molecular weight excluding hydrogens is 877 g/mol. The molecule has 1 amide bonds. The predicted octanol–water partition coefficient (Wildman–Crippen LogP) is 8.07. The van der Waals surface area contributed by atoms with Crippen molar-refractivity contribution >= 4 is 50.0 Å². The number of hydrogen-bond donors (Lipinski definition) is 5. The third-order valence-electron chi connectivity index (χ3n) is 14.7. The van der Waals surface area contributed by atoms with Gasteiger partial charge in [0.05, 0.1) is 33.9 Å². The highest BCUT2D eigenvalue weighted by atomic mass is 32.2. The Balaban J connectivity index is 0.842. The minimum Gasteiger partial charge on any atom is -0.489 e. The molecule has 10 rings (SSSR count). The fourth-order valence-corrected chi connectivity index (χ4v) is 12.2. The van der Waals surface area contributed by atoms with Crippen molar-refractivity contribution in [3.8, 4) is 17.2 Å². The van der Waals surface area contributed by atoms with Crippen molar-refractivity contribution in [2.24, 2.45) is 5.41 Å². The quantitative estimate of drug-likeness (QED) is 0.0557. The van der Waals surface area contributed by atoms with Crippen LogP contribution in [0.4, 0.5) is 27.7 Å². The Labute approximate surface area is 389 Å². The first kappa shape index (κ1) is 44.6. The number of nitro benzene ring substituents is 1. The average molecular weight is 935 g/mol. The van der Waals surface area contributed by atoms with Crippen LogP contribution in [0.1, 0.15) is 88.3 Å². The van der Waals surface area contributed by atoms with Gasteiger partial charge >= 0.3 is 6.09 Å². The molecule has 4 aliphatic heterocycles. The summed E-state index contributed by atoms with van der Waals surface area (Å²) in [5.41, 5.74) is 4.36. The second kappa shape index (κ2) is 18.1. The lowest BCUT2D eigenvalue weighted by molar-refractivity contribution is -0.384. The van der Waals surface area contributed by atoms with Crippen LogP contribution in [-0.4, -0.2) is 113 Å². The number of H-pyrrole nitrogens is 1. The molecule has 18 nitrogen and oxygen atoms in total. The van der Waals surface area contributed by atoms with Crippen LogP contribution in [0, 0.1) is 15.5 Å². The molecule has 3 saturated heterocycles. The molecule has 2 aromatic carbocycles. The van der Waals surface area contributed by atoms with Gasteiger partial charge in [0.2, 0.25) is 0 Å². The summed E-state index contributed by atoms with van der Waals surface area (Å²) in [6.45, 7) is 9.30. The van der Waals surface area contributed by atoms with E-state index in [-0.39, 0.29) is 46.6 Å². The third kappa shape index (κ3) is 9.28. The number of piperidine rings is 2.